The van der Waals surface area contributed by atoms with Crippen LogP contribution in [0, 0.1) is 0 Å². The first-order chi connectivity index (χ1) is 5.97. The Morgan fingerprint density at radius 2 is 1.07 bits per heavy atom. The van der Waals surface area contributed by atoms with Crippen molar-refractivity contribution in [1.82, 2.24) is 9.97 Å². The van der Waals surface area contributed by atoms with E-state index in [-0.39, 0.29) is 44.3 Å². The summed E-state index contributed by atoms with van der Waals surface area (Å²) >= 11 is 0. The van der Waals surface area contributed by atoms with Crippen LogP contribution in [0.3, 0.4) is 0 Å². The van der Waals surface area contributed by atoms with E-state index in [1.807, 2.05) is 36.4 Å². The molecule has 0 aliphatic carbocycles. The number of pyridine rings is 2. The first kappa shape index (κ1) is 16.9. The van der Waals surface area contributed by atoms with Gasteiger partial charge in [-0.2, -0.15) is 0 Å². The topological polar surface area (TPSA) is 25.8 Å². The van der Waals surface area contributed by atoms with Gasteiger partial charge in [-0.1, -0.05) is 12.1 Å². The van der Waals surface area contributed by atoms with Gasteiger partial charge >= 0.3 is 0 Å². The van der Waals surface area contributed by atoms with E-state index >= 15 is 0 Å². The minimum absolute atomic E-state index is 0. The van der Waals surface area contributed by atoms with Gasteiger partial charge in [0.1, 0.15) is 0 Å². The molecule has 2 nitrogen and oxygen atoms in total. The molecule has 2 heterocycles. The fraction of sp³-hybridized carbons (Fsp3) is 0. The van der Waals surface area contributed by atoms with Crippen molar-refractivity contribution in [2.45, 2.75) is 0 Å². The summed E-state index contributed by atoms with van der Waals surface area (Å²) in [6, 6.07) is 11.6. The molecule has 5 heteroatoms. The van der Waals surface area contributed by atoms with Crippen LogP contribution in [0.1, 0.15) is 0 Å². The van der Waals surface area contributed by atoms with Gasteiger partial charge in [-0.05, 0) is 24.3 Å². The zero-order valence-electron chi connectivity index (χ0n) is 7.68. The smallest absolute Gasteiger partial charge is 0.0886 e. The minimum atomic E-state index is 0. The largest absolute Gasteiger partial charge is 0.255 e. The number of aromatic nitrogens is 2. The van der Waals surface area contributed by atoms with Crippen molar-refractivity contribution < 1.29 is 19.5 Å². The molecule has 0 saturated carbocycles. The van der Waals surface area contributed by atoms with Crippen LogP contribution in [0.4, 0.5) is 0 Å². The van der Waals surface area contributed by atoms with Crippen LogP contribution in [0.25, 0.3) is 11.4 Å². The van der Waals surface area contributed by atoms with Crippen LogP contribution in [0.5, 0.6) is 0 Å². The molecule has 0 aliphatic heterocycles. The van der Waals surface area contributed by atoms with Gasteiger partial charge < -0.3 is 0 Å². The molecule has 0 fully saturated rings. The number of nitrogens with zero attached hydrogens (tertiary/aromatic N) is 2. The molecule has 82 valence electrons. The van der Waals surface area contributed by atoms with Crippen LogP contribution >= 0.6 is 24.8 Å². The van der Waals surface area contributed by atoms with E-state index in [1.165, 1.54) is 0 Å². The van der Waals surface area contributed by atoms with Crippen molar-refractivity contribution in [3.63, 3.8) is 0 Å². The fourth-order valence-electron chi connectivity index (χ4n) is 1.03. The summed E-state index contributed by atoms with van der Waals surface area (Å²) in [7, 11) is 0. The summed E-state index contributed by atoms with van der Waals surface area (Å²) < 4.78 is 0. The Morgan fingerprint density at radius 1 is 0.667 bits per heavy atom. The van der Waals surface area contributed by atoms with Crippen molar-refractivity contribution in [1.29, 1.82) is 0 Å². The molecule has 0 atom stereocenters. The van der Waals surface area contributed by atoms with Gasteiger partial charge in [-0.25, -0.2) is 0 Å². The number of rotatable bonds is 1. The molecule has 0 N–H and O–H groups in total. The van der Waals surface area contributed by atoms with Crippen molar-refractivity contribution in [3.8, 4) is 11.4 Å². The second-order valence-corrected chi connectivity index (χ2v) is 2.43. The van der Waals surface area contributed by atoms with E-state index < -0.39 is 0 Å². The molecule has 0 aliphatic rings. The van der Waals surface area contributed by atoms with Crippen molar-refractivity contribution in [3.05, 3.63) is 48.8 Å². The summed E-state index contributed by atoms with van der Waals surface area (Å²) in [5.41, 5.74) is 1.83. The fourth-order valence-corrected chi connectivity index (χ4v) is 1.03. The van der Waals surface area contributed by atoms with Crippen molar-refractivity contribution >= 4 is 24.8 Å². The molecule has 2 aromatic rings. The predicted octanol–water partition coefficient (Wildman–Crippen LogP) is 2.98. The van der Waals surface area contributed by atoms with Crippen molar-refractivity contribution in [2.24, 2.45) is 0 Å². The van der Waals surface area contributed by atoms with Crippen LogP contribution in [-0.4, -0.2) is 9.97 Å². The summed E-state index contributed by atoms with van der Waals surface area (Å²) in [5, 5.41) is 0. The molecule has 15 heavy (non-hydrogen) atoms. The zero-order chi connectivity index (χ0) is 8.23. The molecular formula is C10H10Cl2N2Ru. The van der Waals surface area contributed by atoms with Crippen LogP contribution in [0.15, 0.2) is 48.8 Å². The molecule has 0 spiro atoms. The van der Waals surface area contributed by atoms with Gasteiger partial charge in [-0.3, -0.25) is 9.97 Å². The second kappa shape index (κ2) is 8.78. The molecule has 0 saturated heterocycles. The van der Waals surface area contributed by atoms with Crippen LogP contribution in [-0.2, 0) is 19.5 Å². The molecular weight excluding hydrogens is 320 g/mol. The Morgan fingerprint density at radius 3 is 1.33 bits per heavy atom. The quantitative estimate of drug-likeness (QED) is 0.752. The number of hydrogen-bond donors (Lipinski definition) is 0. The predicted molar refractivity (Wildman–Crippen MR) is 62.0 cm³/mol. The molecule has 0 unspecified atom stereocenters. The Labute approximate surface area is 114 Å². The van der Waals surface area contributed by atoms with Crippen molar-refractivity contribution in [2.75, 3.05) is 0 Å². The molecule has 2 aromatic heterocycles. The van der Waals surface area contributed by atoms with Gasteiger partial charge in [0.25, 0.3) is 0 Å². The van der Waals surface area contributed by atoms with E-state index in [0.717, 1.165) is 11.4 Å². The van der Waals surface area contributed by atoms with E-state index in [1.54, 1.807) is 12.4 Å². The summed E-state index contributed by atoms with van der Waals surface area (Å²) in [6.45, 7) is 0. The van der Waals surface area contributed by atoms with Crippen LogP contribution < -0.4 is 0 Å². The van der Waals surface area contributed by atoms with E-state index in [0.29, 0.717) is 0 Å². The maximum absolute atomic E-state index is 4.19. The van der Waals surface area contributed by atoms with Gasteiger partial charge in [0.15, 0.2) is 0 Å². The minimum Gasteiger partial charge on any atom is -0.255 e. The first-order valence-electron chi connectivity index (χ1n) is 3.79. The monoisotopic (exact) mass is 330 g/mol. The molecule has 0 radical (unpaired) electrons. The summed E-state index contributed by atoms with van der Waals surface area (Å²) in [6.07, 6.45) is 3.54. The number of hydrogen-bond acceptors (Lipinski definition) is 2. The standard InChI is InChI=1S/C10H8N2.2ClH.Ru/c1-3-7-11-9(5-1)10-6-2-4-8-12-10;;;/h1-8H;2*1H;. The maximum Gasteiger partial charge on any atom is 0.0886 e. The van der Waals surface area contributed by atoms with Gasteiger partial charge in [0.05, 0.1) is 11.4 Å². The molecule has 0 aromatic carbocycles. The Kier molecular flexibility index (Phi) is 9.90. The Bertz CT molecular complexity index is 319. The van der Waals surface area contributed by atoms with E-state index in [4.69, 9.17) is 0 Å². The summed E-state index contributed by atoms with van der Waals surface area (Å²) in [5.74, 6) is 0. The third kappa shape index (κ3) is 4.70. The van der Waals surface area contributed by atoms with E-state index in [2.05, 4.69) is 9.97 Å². The maximum atomic E-state index is 4.19. The molecule has 0 amide bonds. The average Bonchev–Trinajstić information content (AvgIpc) is 2.21. The third-order valence-corrected chi connectivity index (χ3v) is 1.59. The van der Waals surface area contributed by atoms with E-state index in [9.17, 15) is 0 Å². The average molecular weight is 330 g/mol. The van der Waals surface area contributed by atoms with Gasteiger partial charge in [0.2, 0.25) is 0 Å². The first-order valence-corrected chi connectivity index (χ1v) is 3.79. The SMILES string of the molecule is Cl.Cl.[Ru].c1ccc(-c2ccccn2)nc1. The third-order valence-electron chi connectivity index (χ3n) is 1.59. The zero-order valence-corrected chi connectivity index (χ0v) is 11.1. The molecule has 2 rings (SSSR count). The normalized spacial score (nSPS) is 7.73. The Balaban J connectivity index is 0. The van der Waals surface area contributed by atoms with Gasteiger partial charge in [0, 0.05) is 31.9 Å². The molecule has 0 bridgehead atoms. The van der Waals surface area contributed by atoms with Crippen LogP contribution in [0.2, 0.25) is 0 Å². The Hall–Kier alpha value is -0.497. The summed E-state index contributed by atoms with van der Waals surface area (Å²) in [4.78, 5) is 8.37. The van der Waals surface area contributed by atoms with Gasteiger partial charge in [-0.15, -0.1) is 24.8 Å². The number of halogens is 2. The second-order valence-electron chi connectivity index (χ2n) is 2.43.